The molecule has 0 atom stereocenters. The van der Waals surface area contributed by atoms with Gasteiger partial charge in [-0.1, -0.05) is 17.7 Å². The van der Waals surface area contributed by atoms with Crippen LogP contribution in [-0.4, -0.2) is 24.5 Å². The van der Waals surface area contributed by atoms with Crippen molar-refractivity contribution in [3.8, 4) is 11.3 Å². The van der Waals surface area contributed by atoms with Crippen LogP contribution in [0.4, 0.5) is 4.39 Å². The average molecular weight is 408 g/mol. The molecule has 0 aliphatic rings. The molecular weight excluding hydrogens is 393 g/mol. The Bertz CT molecular complexity index is 1120. The van der Waals surface area contributed by atoms with Crippen LogP contribution in [-0.2, 0) is 16.6 Å². The lowest BCUT2D eigenvalue weighted by molar-refractivity contribution is 0.569. The number of sulfonamides is 1. The van der Waals surface area contributed by atoms with Crippen molar-refractivity contribution in [3.63, 3.8) is 0 Å². The molecule has 0 saturated carbocycles. The van der Waals surface area contributed by atoms with Gasteiger partial charge in [-0.25, -0.2) is 22.5 Å². The van der Waals surface area contributed by atoms with E-state index < -0.39 is 10.0 Å². The first-order chi connectivity index (χ1) is 12.8. The van der Waals surface area contributed by atoms with Gasteiger partial charge >= 0.3 is 0 Å². The monoisotopic (exact) mass is 407 g/mol. The lowest BCUT2D eigenvalue weighted by Crippen LogP contribution is -2.30. The van der Waals surface area contributed by atoms with Crippen molar-refractivity contribution >= 4 is 21.6 Å². The summed E-state index contributed by atoms with van der Waals surface area (Å²) in [5.74, 6) is -0.376. The first-order valence-electron chi connectivity index (χ1n) is 7.93. The fourth-order valence-electron chi connectivity index (χ4n) is 2.39. The Hall–Kier alpha value is -2.55. The van der Waals surface area contributed by atoms with Gasteiger partial charge in [-0.15, -0.1) is 0 Å². The minimum atomic E-state index is -3.73. The van der Waals surface area contributed by atoms with Gasteiger partial charge in [-0.05, 0) is 42.5 Å². The van der Waals surface area contributed by atoms with Crippen molar-refractivity contribution in [1.29, 1.82) is 0 Å². The Morgan fingerprint density at radius 3 is 2.52 bits per heavy atom. The smallest absolute Gasteiger partial charge is 0.253 e. The Kier molecular flexibility index (Phi) is 5.69. The first-order valence-corrected chi connectivity index (χ1v) is 9.79. The van der Waals surface area contributed by atoms with Gasteiger partial charge in [-0.2, -0.15) is 0 Å². The molecule has 140 valence electrons. The largest absolute Gasteiger partial charge is 0.298 e. The van der Waals surface area contributed by atoms with Crippen LogP contribution in [0.1, 0.15) is 0 Å². The number of benzene rings is 2. The highest BCUT2D eigenvalue weighted by molar-refractivity contribution is 7.89. The zero-order valence-corrected chi connectivity index (χ0v) is 15.5. The molecule has 27 heavy (non-hydrogen) atoms. The summed E-state index contributed by atoms with van der Waals surface area (Å²) in [6, 6.07) is 12.8. The SMILES string of the molecule is O=c1cc(-c2ccc(F)cc2)ncn1CCNS(=O)(=O)c1cccc(Cl)c1. The summed E-state index contributed by atoms with van der Waals surface area (Å²) in [5, 5.41) is 0.315. The molecule has 9 heteroatoms. The number of aromatic nitrogens is 2. The van der Waals surface area contributed by atoms with Gasteiger partial charge in [0.25, 0.3) is 5.56 Å². The second-order valence-corrected chi connectivity index (χ2v) is 7.87. The van der Waals surface area contributed by atoms with E-state index in [1.807, 2.05) is 0 Å². The second kappa shape index (κ2) is 7.99. The Labute approximate surface area is 160 Å². The lowest BCUT2D eigenvalue weighted by Gasteiger charge is -2.09. The molecule has 6 nitrogen and oxygen atoms in total. The van der Waals surface area contributed by atoms with E-state index in [2.05, 4.69) is 9.71 Å². The van der Waals surface area contributed by atoms with Crippen LogP contribution in [0.5, 0.6) is 0 Å². The minimum Gasteiger partial charge on any atom is -0.298 e. The van der Waals surface area contributed by atoms with Crippen LogP contribution in [0.15, 0.2) is 70.6 Å². The van der Waals surface area contributed by atoms with Crippen molar-refractivity contribution in [2.24, 2.45) is 0 Å². The highest BCUT2D eigenvalue weighted by Crippen LogP contribution is 2.16. The number of hydrogen-bond donors (Lipinski definition) is 1. The lowest BCUT2D eigenvalue weighted by atomic mass is 10.1. The summed E-state index contributed by atoms with van der Waals surface area (Å²) >= 11 is 5.81. The van der Waals surface area contributed by atoms with Gasteiger partial charge in [0.15, 0.2) is 0 Å². The van der Waals surface area contributed by atoms with Crippen molar-refractivity contribution in [1.82, 2.24) is 14.3 Å². The van der Waals surface area contributed by atoms with E-state index in [0.717, 1.165) is 0 Å². The van der Waals surface area contributed by atoms with E-state index in [4.69, 9.17) is 11.6 Å². The molecule has 1 aromatic heterocycles. The molecule has 2 aromatic carbocycles. The molecular formula is C18H15ClFN3O3S. The van der Waals surface area contributed by atoms with E-state index in [1.165, 1.54) is 53.4 Å². The third-order valence-corrected chi connectivity index (χ3v) is 5.46. The van der Waals surface area contributed by atoms with Crippen molar-refractivity contribution < 1.29 is 12.8 Å². The van der Waals surface area contributed by atoms with Crippen LogP contribution in [0.3, 0.4) is 0 Å². The van der Waals surface area contributed by atoms with E-state index in [9.17, 15) is 17.6 Å². The molecule has 0 unspecified atom stereocenters. The minimum absolute atomic E-state index is 0.00628. The zero-order valence-electron chi connectivity index (χ0n) is 14.0. The highest BCUT2D eigenvalue weighted by Gasteiger charge is 2.13. The number of nitrogens with zero attached hydrogens (tertiary/aromatic N) is 2. The van der Waals surface area contributed by atoms with E-state index in [-0.39, 0.29) is 29.4 Å². The van der Waals surface area contributed by atoms with E-state index in [0.29, 0.717) is 16.3 Å². The summed E-state index contributed by atoms with van der Waals surface area (Å²) in [7, 11) is -3.73. The number of nitrogens with one attached hydrogen (secondary N) is 1. The highest BCUT2D eigenvalue weighted by atomic mass is 35.5. The summed E-state index contributed by atoms with van der Waals surface area (Å²) in [6.07, 6.45) is 1.33. The van der Waals surface area contributed by atoms with Crippen LogP contribution in [0.2, 0.25) is 5.02 Å². The third-order valence-electron chi connectivity index (χ3n) is 3.77. The molecule has 0 bridgehead atoms. The maximum absolute atomic E-state index is 13.0. The fraction of sp³-hybridized carbons (Fsp3) is 0.111. The predicted molar refractivity (Wildman–Crippen MR) is 101 cm³/mol. The summed E-state index contributed by atoms with van der Waals surface area (Å²) in [6.45, 7) is 0.113. The summed E-state index contributed by atoms with van der Waals surface area (Å²) in [5.41, 5.74) is 0.685. The van der Waals surface area contributed by atoms with Crippen LogP contribution in [0, 0.1) is 5.82 Å². The van der Waals surface area contributed by atoms with Gasteiger partial charge in [0.2, 0.25) is 10.0 Å². The van der Waals surface area contributed by atoms with Gasteiger partial charge in [-0.3, -0.25) is 9.36 Å². The molecule has 0 aliphatic carbocycles. The number of rotatable bonds is 6. The molecule has 0 saturated heterocycles. The topological polar surface area (TPSA) is 81.1 Å². The van der Waals surface area contributed by atoms with Crippen LogP contribution in [0.25, 0.3) is 11.3 Å². The molecule has 3 aromatic rings. The molecule has 0 amide bonds. The molecule has 0 fully saturated rings. The fourth-order valence-corrected chi connectivity index (χ4v) is 3.71. The number of halogens is 2. The standard InChI is InChI=1S/C18H15ClFN3O3S/c19-14-2-1-3-16(10-14)27(25,26)22-8-9-23-12-21-17(11-18(23)24)13-4-6-15(20)7-5-13/h1-7,10-12,22H,8-9H2. The van der Waals surface area contributed by atoms with Crippen LogP contribution < -0.4 is 10.3 Å². The molecule has 1 N–H and O–H groups in total. The van der Waals surface area contributed by atoms with Crippen molar-refractivity contribution in [2.45, 2.75) is 11.4 Å². The quantitative estimate of drug-likeness (QED) is 0.681. The predicted octanol–water partition coefficient (Wildman–Crippen LogP) is 2.68. The molecule has 1 heterocycles. The summed E-state index contributed by atoms with van der Waals surface area (Å²) < 4.78 is 41.1. The average Bonchev–Trinajstić information content (AvgIpc) is 2.63. The maximum Gasteiger partial charge on any atom is 0.253 e. The van der Waals surface area contributed by atoms with Crippen molar-refractivity contribution in [3.05, 3.63) is 82.1 Å². The Morgan fingerprint density at radius 1 is 1.11 bits per heavy atom. The molecule has 0 aliphatic heterocycles. The first kappa shape index (κ1) is 19.2. The van der Waals surface area contributed by atoms with E-state index >= 15 is 0 Å². The molecule has 0 radical (unpaired) electrons. The van der Waals surface area contributed by atoms with Crippen LogP contribution >= 0.6 is 11.6 Å². The van der Waals surface area contributed by atoms with Gasteiger partial charge in [0.05, 0.1) is 16.9 Å². The Morgan fingerprint density at radius 2 is 1.85 bits per heavy atom. The Balaban J connectivity index is 1.68. The second-order valence-electron chi connectivity index (χ2n) is 5.67. The van der Waals surface area contributed by atoms with Gasteiger partial charge in [0.1, 0.15) is 5.82 Å². The normalized spacial score (nSPS) is 11.5. The maximum atomic E-state index is 13.0. The van der Waals surface area contributed by atoms with Gasteiger partial charge < -0.3 is 0 Å². The summed E-state index contributed by atoms with van der Waals surface area (Å²) in [4.78, 5) is 16.4. The third kappa shape index (κ3) is 4.79. The van der Waals surface area contributed by atoms with Gasteiger partial charge in [0, 0.05) is 29.7 Å². The van der Waals surface area contributed by atoms with E-state index in [1.54, 1.807) is 12.1 Å². The van der Waals surface area contributed by atoms with Crippen molar-refractivity contribution in [2.75, 3.05) is 6.54 Å². The number of hydrogen-bond acceptors (Lipinski definition) is 4. The zero-order chi connectivity index (χ0) is 19.4. The molecule has 3 rings (SSSR count). The molecule has 0 spiro atoms.